The van der Waals surface area contributed by atoms with Gasteiger partial charge in [-0.2, -0.15) is 0 Å². The van der Waals surface area contributed by atoms with E-state index in [4.69, 9.17) is 4.74 Å². The first-order chi connectivity index (χ1) is 14.8. The predicted octanol–water partition coefficient (Wildman–Crippen LogP) is 5.47. The monoisotopic (exact) mass is 421 g/mol. The lowest BCUT2D eigenvalue weighted by molar-refractivity contribution is -0.139. The third-order valence-corrected chi connectivity index (χ3v) is 5.63. The lowest BCUT2D eigenvalue weighted by Gasteiger charge is -2.34. The van der Waals surface area contributed by atoms with Crippen molar-refractivity contribution in [3.05, 3.63) is 95.0 Å². The van der Waals surface area contributed by atoms with Crippen molar-refractivity contribution in [2.24, 2.45) is 0 Å². The number of halogens is 1. The molecule has 2 aromatic rings. The molecule has 1 amide bonds. The average molecular weight is 422 g/mol. The van der Waals surface area contributed by atoms with Gasteiger partial charge in [-0.05, 0) is 41.7 Å². The summed E-state index contributed by atoms with van der Waals surface area (Å²) in [5.41, 5.74) is 3.92. The smallest absolute Gasteiger partial charge is 0.336 e. The highest BCUT2D eigenvalue weighted by molar-refractivity contribution is 5.95. The van der Waals surface area contributed by atoms with E-state index < -0.39 is 5.97 Å². The highest BCUT2D eigenvalue weighted by atomic mass is 19.1. The van der Waals surface area contributed by atoms with Gasteiger partial charge in [0.25, 0.3) is 0 Å². The Bertz CT molecular complexity index is 990. The molecule has 4 nitrogen and oxygen atoms in total. The number of carbonyl (C=O) groups is 2. The first-order valence-electron chi connectivity index (χ1n) is 10.4. The summed E-state index contributed by atoms with van der Waals surface area (Å²) < 4.78 is 18.6. The van der Waals surface area contributed by atoms with Crippen LogP contribution in [0.1, 0.15) is 55.7 Å². The summed E-state index contributed by atoms with van der Waals surface area (Å²) in [5, 5.41) is 0. The number of hydrogen-bond acceptors (Lipinski definition) is 3. The number of rotatable bonds is 7. The molecular formula is C26H28FNO3. The van der Waals surface area contributed by atoms with Crippen LogP contribution in [0, 0.1) is 5.82 Å². The van der Waals surface area contributed by atoms with Crippen LogP contribution in [0.5, 0.6) is 0 Å². The molecule has 5 heteroatoms. The quantitative estimate of drug-likeness (QED) is 0.440. The van der Waals surface area contributed by atoms with E-state index in [1.165, 1.54) is 23.8 Å². The summed E-state index contributed by atoms with van der Waals surface area (Å²) in [6.07, 6.45) is 1.68. The lowest BCUT2D eigenvalue weighted by Crippen LogP contribution is -2.38. The topological polar surface area (TPSA) is 46.6 Å². The van der Waals surface area contributed by atoms with Gasteiger partial charge < -0.3 is 9.64 Å². The third kappa shape index (κ3) is 5.10. The van der Waals surface area contributed by atoms with Crippen molar-refractivity contribution in [2.75, 3.05) is 6.61 Å². The van der Waals surface area contributed by atoms with Gasteiger partial charge >= 0.3 is 5.97 Å². The maximum absolute atomic E-state index is 13.3. The zero-order valence-electron chi connectivity index (χ0n) is 18.2. The van der Waals surface area contributed by atoms with Crippen molar-refractivity contribution in [3.8, 4) is 0 Å². The molecule has 0 N–H and O–H groups in total. The summed E-state index contributed by atoms with van der Waals surface area (Å²) in [6, 6.07) is 14.1. The summed E-state index contributed by atoms with van der Waals surface area (Å²) in [6.45, 7) is 9.97. The Kier molecular flexibility index (Phi) is 7.06. The van der Waals surface area contributed by atoms with E-state index in [0.29, 0.717) is 17.2 Å². The van der Waals surface area contributed by atoms with Gasteiger partial charge in [-0.3, -0.25) is 4.79 Å². The van der Waals surface area contributed by atoms with E-state index in [1.54, 1.807) is 24.0 Å². The molecule has 0 spiro atoms. The van der Waals surface area contributed by atoms with E-state index >= 15 is 0 Å². The molecule has 1 atom stereocenters. The number of benzene rings is 2. The SMILES string of the molecule is C=CCOC(=O)C1=C(C)N(Cc2ccc(F)cc2)C(=O)CC1c1ccc(C(C)C)cc1. The fourth-order valence-electron chi connectivity index (χ4n) is 3.85. The molecule has 0 aromatic heterocycles. The van der Waals surface area contributed by atoms with Crippen molar-refractivity contribution in [2.45, 2.75) is 45.6 Å². The average Bonchev–Trinajstić information content (AvgIpc) is 2.76. The van der Waals surface area contributed by atoms with E-state index in [1.807, 2.05) is 24.3 Å². The summed E-state index contributed by atoms with van der Waals surface area (Å²) in [5.74, 6) is -0.857. The highest BCUT2D eigenvalue weighted by Gasteiger charge is 2.36. The lowest BCUT2D eigenvalue weighted by atomic mass is 9.83. The Morgan fingerprint density at radius 1 is 1.19 bits per heavy atom. The van der Waals surface area contributed by atoms with Crippen molar-refractivity contribution in [1.29, 1.82) is 0 Å². The molecule has 0 saturated heterocycles. The van der Waals surface area contributed by atoms with Crippen LogP contribution >= 0.6 is 0 Å². The molecule has 1 heterocycles. The van der Waals surface area contributed by atoms with Crippen LogP contribution in [0.25, 0.3) is 0 Å². The molecule has 0 saturated carbocycles. The summed E-state index contributed by atoms with van der Waals surface area (Å²) in [7, 11) is 0. The van der Waals surface area contributed by atoms with Crippen LogP contribution < -0.4 is 0 Å². The Morgan fingerprint density at radius 2 is 1.84 bits per heavy atom. The maximum Gasteiger partial charge on any atom is 0.336 e. The van der Waals surface area contributed by atoms with Gasteiger partial charge in [-0.15, -0.1) is 0 Å². The van der Waals surface area contributed by atoms with E-state index in [0.717, 1.165) is 11.1 Å². The number of nitrogens with zero attached hydrogens (tertiary/aromatic N) is 1. The molecule has 31 heavy (non-hydrogen) atoms. The van der Waals surface area contributed by atoms with Gasteiger partial charge in [0.15, 0.2) is 0 Å². The van der Waals surface area contributed by atoms with Crippen LogP contribution in [0.3, 0.4) is 0 Å². The molecule has 1 aliphatic rings. The fraction of sp³-hybridized carbons (Fsp3) is 0.308. The normalized spacial score (nSPS) is 16.6. The minimum absolute atomic E-state index is 0.0833. The van der Waals surface area contributed by atoms with E-state index in [-0.39, 0.29) is 37.2 Å². The number of carbonyl (C=O) groups excluding carboxylic acids is 2. The first-order valence-corrected chi connectivity index (χ1v) is 10.4. The second kappa shape index (κ2) is 9.73. The summed E-state index contributed by atoms with van der Waals surface area (Å²) >= 11 is 0. The zero-order chi connectivity index (χ0) is 22.5. The molecule has 1 aliphatic heterocycles. The first kappa shape index (κ1) is 22.5. The zero-order valence-corrected chi connectivity index (χ0v) is 18.2. The Labute approximate surface area is 183 Å². The van der Waals surface area contributed by atoms with Gasteiger partial charge in [0.1, 0.15) is 12.4 Å². The number of amides is 1. The molecule has 1 unspecified atom stereocenters. The van der Waals surface area contributed by atoms with Gasteiger partial charge in [-0.1, -0.05) is 62.9 Å². The third-order valence-electron chi connectivity index (χ3n) is 5.63. The number of ether oxygens (including phenoxy) is 1. The molecule has 0 fully saturated rings. The highest BCUT2D eigenvalue weighted by Crippen LogP contribution is 2.38. The minimum atomic E-state index is -0.452. The van der Waals surface area contributed by atoms with Crippen molar-refractivity contribution >= 4 is 11.9 Å². The number of esters is 1. The number of hydrogen-bond donors (Lipinski definition) is 0. The molecule has 0 bridgehead atoms. The van der Waals surface area contributed by atoms with Crippen LogP contribution in [-0.4, -0.2) is 23.4 Å². The molecule has 2 aromatic carbocycles. The molecular weight excluding hydrogens is 393 g/mol. The number of allylic oxidation sites excluding steroid dienone is 1. The molecule has 3 rings (SSSR count). The maximum atomic E-state index is 13.3. The second-order valence-electron chi connectivity index (χ2n) is 8.07. The van der Waals surface area contributed by atoms with Gasteiger partial charge in [-0.25, -0.2) is 9.18 Å². The molecule has 0 aliphatic carbocycles. The molecule has 162 valence electrons. The van der Waals surface area contributed by atoms with Crippen LogP contribution in [-0.2, 0) is 20.9 Å². The minimum Gasteiger partial charge on any atom is -0.458 e. The van der Waals surface area contributed by atoms with Crippen molar-refractivity contribution in [1.82, 2.24) is 4.90 Å². The fourth-order valence-corrected chi connectivity index (χ4v) is 3.85. The summed E-state index contributed by atoms with van der Waals surface area (Å²) in [4.78, 5) is 27.6. The molecule has 0 radical (unpaired) electrons. The van der Waals surface area contributed by atoms with E-state index in [2.05, 4.69) is 20.4 Å². The van der Waals surface area contributed by atoms with Crippen molar-refractivity contribution in [3.63, 3.8) is 0 Å². The Morgan fingerprint density at radius 3 is 2.42 bits per heavy atom. The van der Waals surface area contributed by atoms with Crippen LogP contribution in [0.15, 0.2) is 72.5 Å². The van der Waals surface area contributed by atoms with Crippen LogP contribution in [0.4, 0.5) is 4.39 Å². The Hall–Kier alpha value is -3.21. The largest absolute Gasteiger partial charge is 0.458 e. The Balaban J connectivity index is 1.99. The van der Waals surface area contributed by atoms with Gasteiger partial charge in [0, 0.05) is 18.0 Å². The standard InChI is InChI=1S/C26H28FNO3/c1-5-14-31-26(30)25-18(4)28(16-19-6-12-22(27)13-7-19)24(29)15-23(25)21-10-8-20(9-11-21)17(2)3/h5-13,17,23H,1,14-16H2,2-4H3. The second-order valence-corrected chi connectivity index (χ2v) is 8.07. The van der Waals surface area contributed by atoms with E-state index in [9.17, 15) is 14.0 Å². The predicted molar refractivity (Wildman–Crippen MR) is 119 cm³/mol. The van der Waals surface area contributed by atoms with Crippen LogP contribution in [0.2, 0.25) is 0 Å². The van der Waals surface area contributed by atoms with Gasteiger partial charge in [0.05, 0.1) is 12.1 Å². The van der Waals surface area contributed by atoms with Gasteiger partial charge in [0.2, 0.25) is 5.91 Å². The van der Waals surface area contributed by atoms with Crippen molar-refractivity contribution < 1.29 is 18.7 Å².